The van der Waals surface area contributed by atoms with Crippen molar-refractivity contribution in [3.63, 3.8) is 0 Å². The molecule has 1 atom stereocenters. The molecule has 0 bridgehead atoms. The van der Waals surface area contributed by atoms with E-state index < -0.39 is 31.7 Å². The maximum atomic E-state index is 3.39. The summed E-state index contributed by atoms with van der Waals surface area (Å²) in [6.07, 6.45) is 5.16. The molecule has 540 valence electrons. The summed E-state index contributed by atoms with van der Waals surface area (Å²) in [5.74, 6) is 0.896. The minimum Gasteiger partial charge on any atom is -0.309 e. The van der Waals surface area contributed by atoms with E-state index in [1.165, 1.54) is 89.3 Å². The summed E-state index contributed by atoms with van der Waals surface area (Å²) >= 11 is 6.79. The van der Waals surface area contributed by atoms with Gasteiger partial charge in [0.15, 0.2) is 0 Å². The third-order valence-corrected chi connectivity index (χ3v) is 26.4. The summed E-state index contributed by atoms with van der Waals surface area (Å²) in [6.45, 7) is 17.7. The van der Waals surface area contributed by atoms with Crippen LogP contribution in [0.1, 0.15) is 48.0 Å². The van der Waals surface area contributed by atoms with E-state index >= 15 is 0 Å². The summed E-state index contributed by atoms with van der Waals surface area (Å²) < 4.78 is 0.470. The molecular weight excluding hydrogens is 1540 g/mol. The smallest absolute Gasteiger partial charge is 0.126 e. The van der Waals surface area contributed by atoms with Crippen LogP contribution in [0, 0.1) is 5.92 Å². The normalized spacial score (nSPS) is 10.5. The van der Waals surface area contributed by atoms with Crippen LogP contribution in [0.15, 0.2) is 364 Å². The Kier molecular flexibility index (Phi) is 48.4. The topological polar surface area (TPSA) is 6.48 Å². The predicted molar refractivity (Wildman–Crippen MR) is 481 cm³/mol. The van der Waals surface area contributed by atoms with Gasteiger partial charge in [0.25, 0.3) is 0 Å². The van der Waals surface area contributed by atoms with Crippen LogP contribution >= 0.6 is 63.5 Å². The maximum Gasteiger partial charge on any atom is 0.126 e. The number of halogens is 2. The molecule has 12 aromatic rings. The minimum atomic E-state index is -0.446. The van der Waals surface area contributed by atoms with E-state index in [1.807, 2.05) is 0 Å². The van der Waals surface area contributed by atoms with E-state index in [0.29, 0.717) is 3.74 Å². The van der Waals surface area contributed by atoms with Crippen LogP contribution in [0.3, 0.4) is 0 Å². The van der Waals surface area contributed by atoms with E-state index in [4.69, 9.17) is 0 Å². The van der Waals surface area contributed by atoms with Gasteiger partial charge in [-0.3, -0.25) is 0 Å². The zero-order valence-electron chi connectivity index (χ0n) is 60.9. The van der Waals surface area contributed by atoms with E-state index in [-0.39, 0.29) is 35.3 Å². The third kappa shape index (κ3) is 35.8. The van der Waals surface area contributed by atoms with E-state index in [9.17, 15) is 0 Å². The van der Waals surface area contributed by atoms with Gasteiger partial charge in [-0.1, -0.05) is 464 Å². The van der Waals surface area contributed by atoms with E-state index in [1.54, 1.807) is 0 Å². The van der Waals surface area contributed by atoms with Gasteiger partial charge in [-0.15, -0.1) is 0 Å². The molecule has 0 spiro atoms. The summed E-state index contributed by atoms with van der Waals surface area (Å²) in [5.41, 5.74) is 0. The second-order valence-electron chi connectivity index (χ2n) is 25.5. The Morgan fingerprint density at radius 1 is 0.272 bits per heavy atom. The molecular formula is C92H112B2Br2N2P4Pd. The molecule has 0 aliphatic carbocycles. The van der Waals surface area contributed by atoms with Crippen molar-refractivity contribution >= 4 is 141 Å². The summed E-state index contributed by atoms with van der Waals surface area (Å²) in [6, 6.07) is 129. The molecule has 2 nitrogen and oxygen atoms in total. The number of hydrogen-bond donors (Lipinski definition) is 0. The second kappa shape index (κ2) is 54.6. The van der Waals surface area contributed by atoms with E-state index in [2.05, 4.69) is 475 Å². The molecule has 11 heteroatoms. The van der Waals surface area contributed by atoms with Crippen LogP contribution in [-0.4, -0.2) is 68.2 Å². The van der Waals surface area contributed by atoms with Gasteiger partial charge in [0.1, 0.15) is 13.4 Å². The Labute approximate surface area is 661 Å². The molecule has 0 amide bonds. The molecule has 1 unspecified atom stereocenters. The van der Waals surface area contributed by atoms with Crippen molar-refractivity contribution in [3.8, 4) is 0 Å². The molecule has 12 aromatic carbocycles. The Bertz CT molecular complexity index is 3050. The van der Waals surface area contributed by atoms with Gasteiger partial charge in [-0.05, 0) is 155 Å². The quantitative estimate of drug-likeness (QED) is 0.0402. The van der Waals surface area contributed by atoms with Gasteiger partial charge < -0.3 is 9.80 Å². The third-order valence-electron chi connectivity index (χ3n) is 15.7. The van der Waals surface area contributed by atoms with Crippen LogP contribution in [0.2, 0.25) is 33.5 Å². The zero-order chi connectivity index (χ0) is 71.4. The number of nitrogens with zero attached hydrogens (tertiary/aromatic N) is 2. The zero-order valence-corrected chi connectivity index (χ0v) is 69.3. The van der Waals surface area contributed by atoms with Crippen molar-refractivity contribution < 1.29 is 20.4 Å². The molecule has 0 saturated heterocycles. The number of hydrogen-bond acceptors (Lipinski definition) is 2. The molecule has 12 rings (SSSR count). The first-order valence-corrected chi connectivity index (χ1v) is 42.3. The monoisotopic (exact) mass is 1650 g/mol. The van der Waals surface area contributed by atoms with E-state index in [0.717, 1.165) is 32.3 Å². The second-order valence-corrected chi connectivity index (χ2v) is 37.8. The Morgan fingerprint density at radius 3 is 0.495 bits per heavy atom. The Balaban J connectivity index is 0.000000321. The van der Waals surface area contributed by atoms with Gasteiger partial charge in [-0.25, -0.2) is 0 Å². The molecule has 103 heavy (non-hydrogen) atoms. The first kappa shape index (κ1) is 91.2. The molecule has 0 aliphatic rings. The van der Waals surface area contributed by atoms with Crippen molar-refractivity contribution in [3.05, 3.63) is 364 Å². The van der Waals surface area contributed by atoms with Crippen LogP contribution in [0.25, 0.3) is 0 Å². The average molecular weight is 1660 g/mol. The van der Waals surface area contributed by atoms with Crippen molar-refractivity contribution in [2.45, 2.75) is 85.2 Å². The van der Waals surface area contributed by atoms with Crippen molar-refractivity contribution in [1.29, 1.82) is 0 Å². The molecule has 0 aliphatic heterocycles. The Hall–Kier alpha value is -5.97. The number of alkyl halides is 2. The molecule has 0 heterocycles. The summed E-state index contributed by atoms with van der Waals surface area (Å²) in [7, 11) is 6.61. The Morgan fingerprint density at radius 2 is 0.408 bits per heavy atom. The number of benzene rings is 12. The standard InChI is InChI=1S/4C18H15P.C8H19N.C5H14B2.C5H11Br2N.2CH4.Pd/c4*1-4-10-16(11-5-1)19(17-12-6-2-7-13-17)18-14-8-3-9-15-18;1-5-8(2)6-7-9(3)4;1-6(2)5-7(3)4;1-8(2)4-3-5(6)7;;;/h4*1-15H;8H,5-7H2,1-4H3;5H2,1-4H3;5H,3-4H2,1-2H3;2*1H4;. The molecule has 0 fully saturated rings. The maximum absolute atomic E-state index is 3.39. The van der Waals surface area contributed by atoms with Crippen molar-refractivity contribution in [2.24, 2.45) is 5.92 Å². The van der Waals surface area contributed by atoms with Crippen LogP contribution in [-0.2, 0) is 20.4 Å². The van der Waals surface area contributed by atoms with Gasteiger partial charge in [0.05, 0.1) is 3.74 Å². The van der Waals surface area contributed by atoms with Gasteiger partial charge in [0, 0.05) is 20.4 Å². The number of rotatable bonds is 21. The van der Waals surface area contributed by atoms with Gasteiger partial charge in [0.2, 0.25) is 0 Å². The first-order chi connectivity index (χ1) is 48.7. The molecule has 0 saturated carbocycles. The molecule has 0 radical (unpaired) electrons. The fourth-order valence-electron chi connectivity index (χ4n) is 10.7. The molecule has 0 aromatic heterocycles. The first-order valence-electron chi connectivity index (χ1n) is 35.1. The largest absolute Gasteiger partial charge is 0.309 e. The van der Waals surface area contributed by atoms with Crippen LogP contribution in [0.5, 0.6) is 0 Å². The van der Waals surface area contributed by atoms with Gasteiger partial charge >= 0.3 is 0 Å². The van der Waals surface area contributed by atoms with Crippen molar-refractivity contribution in [1.82, 2.24) is 9.80 Å². The van der Waals surface area contributed by atoms with Gasteiger partial charge in [-0.2, -0.15) is 0 Å². The summed E-state index contributed by atoms with van der Waals surface area (Å²) in [5, 5.41) is 16.8. The molecule has 0 N–H and O–H groups in total. The van der Waals surface area contributed by atoms with Crippen molar-refractivity contribution in [2.75, 3.05) is 41.3 Å². The predicted octanol–water partition coefficient (Wildman–Crippen LogP) is 21.1. The minimum absolute atomic E-state index is 0. The fourth-order valence-corrected chi connectivity index (χ4v) is 20.3. The van der Waals surface area contributed by atoms with Crippen LogP contribution < -0.4 is 63.7 Å². The SMILES string of the molecule is C.C.CB(C)CB(C)C.CCC(C)CCN(C)C.CN(C)CCC(Br)Br.[Pd].c1ccc(P(c2ccccc2)c2ccccc2)cc1.c1ccc(P(c2ccccc2)c2ccccc2)cc1.c1ccc(P(c2ccccc2)c2ccccc2)cc1.c1ccc(P(c2ccccc2)c2ccccc2)cc1. The fraction of sp³-hybridized carbons (Fsp3) is 0.217. The average Bonchev–Trinajstić information content (AvgIpc) is 0.846. The summed E-state index contributed by atoms with van der Waals surface area (Å²) in [4.78, 5) is 4.40. The van der Waals surface area contributed by atoms with Crippen LogP contribution in [0.4, 0.5) is 0 Å².